The Balaban J connectivity index is 2.85. The van der Waals surface area contributed by atoms with Crippen molar-refractivity contribution in [3.63, 3.8) is 0 Å². The summed E-state index contributed by atoms with van der Waals surface area (Å²) in [5, 5.41) is 2.43. The normalized spacial score (nSPS) is 8.90. The molecular formula is C6H6N3O. The second-order valence-corrected chi connectivity index (χ2v) is 1.63. The zero-order valence-corrected chi connectivity index (χ0v) is 5.46. The molecule has 1 aromatic rings. The molecule has 0 unspecified atom stereocenters. The van der Waals surface area contributed by atoms with Crippen LogP contribution in [-0.2, 0) is 0 Å². The second kappa shape index (κ2) is 2.91. The van der Waals surface area contributed by atoms with Crippen molar-refractivity contribution in [2.24, 2.45) is 0 Å². The molecule has 0 saturated carbocycles. The fraction of sp³-hybridized carbons (Fsp3) is 0.167. The fourth-order valence-corrected chi connectivity index (χ4v) is 0.513. The predicted octanol–water partition coefficient (Wildman–Crippen LogP) is -0.364. The van der Waals surface area contributed by atoms with Crippen LogP contribution in [0.1, 0.15) is 10.4 Å². The van der Waals surface area contributed by atoms with Gasteiger partial charge in [-0.3, -0.25) is 4.79 Å². The number of aromatic nitrogens is 2. The number of hydrogen-bond acceptors (Lipinski definition) is 3. The molecule has 0 aromatic carbocycles. The van der Waals surface area contributed by atoms with E-state index in [4.69, 9.17) is 0 Å². The molecular weight excluding hydrogens is 130 g/mol. The third-order valence-corrected chi connectivity index (χ3v) is 0.985. The molecule has 51 valence electrons. The van der Waals surface area contributed by atoms with Crippen molar-refractivity contribution in [3.8, 4) is 0 Å². The quantitative estimate of drug-likeness (QED) is 0.573. The highest BCUT2D eigenvalue weighted by Gasteiger charge is 2.00. The highest BCUT2D eigenvalue weighted by Crippen LogP contribution is 1.89. The Bertz CT molecular complexity index is 222. The summed E-state index contributed by atoms with van der Waals surface area (Å²) in [6, 6.07) is 0. The average molecular weight is 136 g/mol. The molecule has 0 spiro atoms. The molecule has 1 amide bonds. The maximum atomic E-state index is 10.8. The van der Waals surface area contributed by atoms with Crippen LogP contribution in [0, 0.1) is 6.20 Å². The van der Waals surface area contributed by atoms with Crippen molar-refractivity contribution in [2.75, 3.05) is 7.05 Å². The Kier molecular flexibility index (Phi) is 1.94. The first-order chi connectivity index (χ1) is 4.84. The number of carbonyl (C=O) groups excluding carboxylic acids is 1. The van der Waals surface area contributed by atoms with Crippen molar-refractivity contribution < 1.29 is 4.79 Å². The summed E-state index contributed by atoms with van der Waals surface area (Å²) < 4.78 is 0. The van der Waals surface area contributed by atoms with E-state index in [-0.39, 0.29) is 5.91 Å². The van der Waals surface area contributed by atoms with Crippen LogP contribution in [0.2, 0.25) is 0 Å². The molecule has 0 atom stereocenters. The van der Waals surface area contributed by atoms with Crippen LogP contribution in [0.5, 0.6) is 0 Å². The summed E-state index contributed by atoms with van der Waals surface area (Å²) in [6.07, 6.45) is 5.23. The summed E-state index contributed by atoms with van der Waals surface area (Å²) >= 11 is 0. The Morgan fingerprint density at radius 3 is 3.10 bits per heavy atom. The van der Waals surface area contributed by atoms with E-state index in [1.807, 2.05) is 0 Å². The van der Waals surface area contributed by atoms with Crippen LogP contribution in [0.25, 0.3) is 0 Å². The monoisotopic (exact) mass is 136 g/mol. The molecule has 1 radical (unpaired) electrons. The first-order valence-electron chi connectivity index (χ1n) is 2.74. The summed E-state index contributed by atoms with van der Waals surface area (Å²) in [5.41, 5.74) is 0.352. The van der Waals surface area contributed by atoms with E-state index in [1.165, 1.54) is 12.5 Å². The van der Waals surface area contributed by atoms with Crippen LogP contribution in [0.4, 0.5) is 0 Å². The maximum Gasteiger partial charge on any atom is 0.254 e. The Labute approximate surface area is 58.3 Å². The lowest BCUT2D eigenvalue weighted by Gasteiger charge is -1.93. The summed E-state index contributed by atoms with van der Waals surface area (Å²) in [6.45, 7) is 0. The largest absolute Gasteiger partial charge is 0.355 e. The lowest BCUT2D eigenvalue weighted by molar-refractivity contribution is 0.0962. The third-order valence-electron chi connectivity index (χ3n) is 0.985. The number of nitrogens with one attached hydrogen (secondary N) is 1. The van der Waals surface area contributed by atoms with Crippen molar-refractivity contribution in [3.05, 3.63) is 24.3 Å². The first kappa shape index (κ1) is 6.67. The second-order valence-electron chi connectivity index (χ2n) is 1.63. The fourth-order valence-electron chi connectivity index (χ4n) is 0.513. The van der Waals surface area contributed by atoms with E-state index in [1.54, 1.807) is 7.05 Å². The summed E-state index contributed by atoms with van der Waals surface area (Å²) in [4.78, 5) is 18.0. The van der Waals surface area contributed by atoms with Gasteiger partial charge in [-0.25, -0.2) is 9.97 Å². The smallest absolute Gasteiger partial charge is 0.254 e. The molecule has 0 bridgehead atoms. The van der Waals surface area contributed by atoms with Gasteiger partial charge in [-0.2, -0.15) is 0 Å². The molecule has 1 N–H and O–H groups in total. The van der Waals surface area contributed by atoms with Crippen molar-refractivity contribution in [2.45, 2.75) is 0 Å². The number of nitrogens with zero attached hydrogens (tertiary/aromatic N) is 2. The van der Waals surface area contributed by atoms with E-state index < -0.39 is 0 Å². The molecule has 0 saturated heterocycles. The van der Waals surface area contributed by atoms with Gasteiger partial charge in [0.15, 0.2) is 0 Å². The van der Waals surface area contributed by atoms with E-state index in [0.717, 1.165) is 0 Å². The van der Waals surface area contributed by atoms with Gasteiger partial charge in [0.05, 0.1) is 5.56 Å². The van der Waals surface area contributed by atoms with E-state index in [9.17, 15) is 4.79 Å². The Hall–Kier alpha value is -1.45. The summed E-state index contributed by atoms with van der Waals surface area (Å²) in [7, 11) is 1.54. The summed E-state index contributed by atoms with van der Waals surface area (Å²) in [5.74, 6) is -0.222. The molecule has 0 aliphatic carbocycles. The minimum atomic E-state index is -0.222. The Morgan fingerprint density at radius 1 is 1.80 bits per heavy atom. The van der Waals surface area contributed by atoms with Crippen LogP contribution in [-0.4, -0.2) is 22.9 Å². The minimum Gasteiger partial charge on any atom is -0.355 e. The van der Waals surface area contributed by atoms with Crippen molar-refractivity contribution >= 4 is 5.91 Å². The van der Waals surface area contributed by atoms with E-state index in [2.05, 4.69) is 21.5 Å². The topological polar surface area (TPSA) is 54.9 Å². The van der Waals surface area contributed by atoms with Gasteiger partial charge in [0.25, 0.3) is 5.91 Å². The first-order valence-corrected chi connectivity index (χ1v) is 2.74. The SMILES string of the molecule is CNC(=O)c1[c]ncnc1. The molecule has 1 aromatic heterocycles. The molecule has 0 aliphatic heterocycles. The van der Waals surface area contributed by atoms with Gasteiger partial charge < -0.3 is 5.32 Å². The van der Waals surface area contributed by atoms with Gasteiger partial charge in [0.2, 0.25) is 0 Å². The zero-order chi connectivity index (χ0) is 7.40. The molecule has 1 rings (SSSR count). The standard InChI is InChI=1S/C6H6N3O/c1-7-6(10)5-2-8-4-9-3-5/h2,4H,1H3,(H,7,10). The molecule has 0 fully saturated rings. The molecule has 4 heteroatoms. The van der Waals surface area contributed by atoms with Gasteiger partial charge >= 0.3 is 0 Å². The van der Waals surface area contributed by atoms with E-state index in [0.29, 0.717) is 5.56 Å². The number of carbonyl (C=O) groups is 1. The lowest BCUT2D eigenvalue weighted by atomic mass is 10.3. The zero-order valence-electron chi connectivity index (χ0n) is 5.46. The van der Waals surface area contributed by atoms with Crippen LogP contribution in [0.3, 0.4) is 0 Å². The molecule has 1 heterocycles. The van der Waals surface area contributed by atoms with Crippen molar-refractivity contribution in [1.82, 2.24) is 15.3 Å². The van der Waals surface area contributed by atoms with Gasteiger partial charge in [-0.15, -0.1) is 0 Å². The number of rotatable bonds is 1. The van der Waals surface area contributed by atoms with Crippen LogP contribution < -0.4 is 5.32 Å². The number of amides is 1. The van der Waals surface area contributed by atoms with Gasteiger partial charge in [-0.1, -0.05) is 0 Å². The molecule has 10 heavy (non-hydrogen) atoms. The highest BCUT2D eigenvalue weighted by molar-refractivity contribution is 5.92. The predicted molar refractivity (Wildman–Crippen MR) is 34.3 cm³/mol. The molecule has 0 aliphatic rings. The average Bonchev–Trinajstić information content (AvgIpc) is 2.05. The van der Waals surface area contributed by atoms with Crippen molar-refractivity contribution in [1.29, 1.82) is 0 Å². The highest BCUT2D eigenvalue weighted by atomic mass is 16.1. The minimum absolute atomic E-state index is 0.222. The van der Waals surface area contributed by atoms with E-state index >= 15 is 0 Å². The van der Waals surface area contributed by atoms with Gasteiger partial charge in [0, 0.05) is 13.2 Å². The maximum absolute atomic E-state index is 10.8. The van der Waals surface area contributed by atoms with Crippen LogP contribution >= 0.6 is 0 Å². The third kappa shape index (κ3) is 1.28. The van der Waals surface area contributed by atoms with Crippen LogP contribution in [0.15, 0.2) is 12.5 Å². The molecule has 4 nitrogen and oxygen atoms in total. The number of hydrogen-bond donors (Lipinski definition) is 1. The van der Waals surface area contributed by atoms with Gasteiger partial charge in [-0.05, 0) is 0 Å². The lowest BCUT2D eigenvalue weighted by Crippen LogP contribution is -2.18. The van der Waals surface area contributed by atoms with Gasteiger partial charge in [0.1, 0.15) is 12.5 Å². The Morgan fingerprint density at radius 2 is 2.60 bits per heavy atom.